The number of rotatable bonds is 2. The van der Waals surface area contributed by atoms with Gasteiger partial charge in [0.15, 0.2) is 0 Å². The molecule has 4 nitrogen and oxygen atoms in total. The first kappa shape index (κ1) is 5.70. The first-order valence-corrected chi connectivity index (χ1v) is 3.45. The van der Waals surface area contributed by atoms with Gasteiger partial charge in [0.2, 0.25) is 0 Å². The molecule has 1 saturated carbocycles. The van der Waals surface area contributed by atoms with Crippen molar-refractivity contribution in [3.05, 3.63) is 12.7 Å². The predicted molar refractivity (Wildman–Crippen MR) is 37.2 cm³/mol. The molecule has 0 saturated heterocycles. The van der Waals surface area contributed by atoms with Gasteiger partial charge < -0.3 is 0 Å². The average molecular weight is 138 g/mol. The molecule has 1 heterocycles. The van der Waals surface area contributed by atoms with Crippen LogP contribution in [0.4, 0.5) is 0 Å². The van der Waals surface area contributed by atoms with Crippen molar-refractivity contribution in [2.45, 2.75) is 18.9 Å². The summed E-state index contributed by atoms with van der Waals surface area (Å²) in [4.78, 5) is 5.64. The summed E-state index contributed by atoms with van der Waals surface area (Å²) in [5.41, 5.74) is 0. The van der Waals surface area contributed by atoms with Crippen molar-refractivity contribution in [2.24, 2.45) is 0 Å². The van der Waals surface area contributed by atoms with Crippen molar-refractivity contribution in [3.63, 3.8) is 0 Å². The van der Waals surface area contributed by atoms with E-state index >= 15 is 0 Å². The van der Waals surface area contributed by atoms with Crippen LogP contribution in [0.1, 0.15) is 12.8 Å². The molecule has 4 heteroatoms. The van der Waals surface area contributed by atoms with Crippen LogP contribution in [0.25, 0.3) is 0 Å². The zero-order chi connectivity index (χ0) is 6.97. The van der Waals surface area contributed by atoms with Crippen LogP contribution in [-0.2, 0) is 0 Å². The fraction of sp³-hybridized carbons (Fsp3) is 0.667. The van der Waals surface area contributed by atoms with Crippen LogP contribution in [0, 0.1) is 0 Å². The molecule has 1 fully saturated rings. The SMILES string of the molecule is CN(C1CC1)n1cncn1. The van der Waals surface area contributed by atoms with E-state index < -0.39 is 0 Å². The molecule has 10 heavy (non-hydrogen) atoms. The lowest BCUT2D eigenvalue weighted by atomic mass is 10.7. The summed E-state index contributed by atoms with van der Waals surface area (Å²) in [5.74, 6) is 0. The van der Waals surface area contributed by atoms with Gasteiger partial charge in [0, 0.05) is 13.1 Å². The highest BCUT2D eigenvalue weighted by molar-refractivity contribution is 4.97. The van der Waals surface area contributed by atoms with Crippen LogP contribution in [0.3, 0.4) is 0 Å². The van der Waals surface area contributed by atoms with Gasteiger partial charge in [0.1, 0.15) is 12.7 Å². The zero-order valence-corrected chi connectivity index (χ0v) is 5.94. The van der Waals surface area contributed by atoms with Crippen LogP contribution in [0.2, 0.25) is 0 Å². The molecule has 0 amide bonds. The van der Waals surface area contributed by atoms with Crippen LogP contribution in [0.5, 0.6) is 0 Å². The number of aromatic nitrogens is 3. The molecule has 0 N–H and O–H groups in total. The van der Waals surface area contributed by atoms with E-state index in [4.69, 9.17) is 0 Å². The number of hydrogen-bond acceptors (Lipinski definition) is 3. The molecule has 54 valence electrons. The molecule has 2 rings (SSSR count). The third-order valence-corrected chi connectivity index (χ3v) is 1.81. The molecular formula is C6H10N4. The Labute approximate surface area is 59.4 Å². The molecule has 0 aromatic carbocycles. The van der Waals surface area contributed by atoms with Crippen LogP contribution in [-0.4, -0.2) is 28.0 Å². The van der Waals surface area contributed by atoms with E-state index in [0.717, 1.165) is 0 Å². The van der Waals surface area contributed by atoms with Gasteiger partial charge in [-0.1, -0.05) is 0 Å². The van der Waals surface area contributed by atoms with E-state index in [-0.39, 0.29) is 0 Å². The summed E-state index contributed by atoms with van der Waals surface area (Å²) in [6, 6.07) is 0.696. The van der Waals surface area contributed by atoms with Crippen molar-refractivity contribution in [1.82, 2.24) is 14.9 Å². The third-order valence-electron chi connectivity index (χ3n) is 1.81. The van der Waals surface area contributed by atoms with E-state index in [0.29, 0.717) is 6.04 Å². The summed E-state index contributed by atoms with van der Waals surface area (Å²) in [6.45, 7) is 0. The van der Waals surface area contributed by atoms with Gasteiger partial charge in [-0.2, -0.15) is 4.79 Å². The zero-order valence-electron chi connectivity index (χ0n) is 5.94. The molecule has 1 aliphatic carbocycles. The Morgan fingerprint density at radius 1 is 1.60 bits per heavy atom. The second-order valence-electron chi connectivity index (χ2n) is 2.62. The Hall–Kier alpha value is -1.06. The molecule has 0 unspecified atom stereocenters. The molecule has 1 aromatic heterocycles. The van der Waals surface area contributed by atoms with Gasteiger partial charge in [-0.15, -0.1) is 5.10 Å². The maximum absolute atomic E-state index is 4.01. The molecule has 1 aliphatic rings. The summed E-state index contributed by atoms with van der Waals surface area (Å²) in [7, 11) is 2.03. The number of hydrogen-bond donors (Lipinski definition) is 0. The summed E-state index contributed by atoms with van der Waals surface area (Å²) < 4.78 is 0. The van der Waals surface area contributed by atoms with Gasteiger partial charge in [0.25, 0.3) is 0 Å². The summed E-state index contributed by atoms with van der Waals surface area (Å²) >= 11 is 0. The van der Waals surface area contributed by atoms with Gasteiger partial charge in [-0.25, -0.2) is 4.98 Å². The Bertz CT molecular complexity index is 202. The van der Waals surface area contributed by atoms with E-state index in [9.17, 15) is 0 Å². The van der Waals surface area contributed by atoms with Gasteiger partial charge in [0.05, 0.1) is 0 Å². The lowest BCUT2D eigenvalue weighted by molar-refractivity contribution is 0.574. The van der Waals surface area contributed by atoms with E-state index in [1.807, 2.05) is 7.05 Å². The highest BCUT2D eigenvalue weighted by Crippen LogP contribution is 2.23. The minimum atomic E-state index is 0.696. The quantitative estimate of drug-likeness (QED) is 0.577. The lowest BCUT2D eigenvalue weighted by Crippen LogP contribution is -2.32. The molecule has 1 aromatic rings. The molecule has 0 atom stereocenters. The van der Waals surface area contributed by atoms with Crippen molar-refractivity contribution in [3.8, 4) is 0 Å². The monoisotopic (exact) mass is 138 g/mol. The molecule has 0 spiro atoms. The second kappa shape index (κ2) is 1.97. The fourth-order valence-corrected chi connectivity index (χ4v) is 0.980. The largest absolute Gasteiger partial charge is 0.296 e. The van der Waals surface area contributed by atoms with Crippen LogP contribution in [0.15, 0.2) is 12.7 Å². The van der Waals surface area contributed by atoms with Crippen molar-refractivity contribution >= 4 is 0 Å². The molecule has 0 aliphatic heterocycles. The van der Waals surface area contributed by atoms with Crippen molar-refractivity contribution in [1.29, 1.82) is 0 Å². The Balaban J connectivity index is 2.11. The van der Waals surface area contributed by atoms with E-state index in [2.05, 4.69) is 15.1 Å². The predicted octanol–water partition coefficient (Wildman–Crippen LogP) is 0.00830. The standard InChI is InChI=1S/C6H10N4/c1-9(6-2-3-6)10-5-7-4-8-10/h4-6H,2-3H2,1H3. The average Bonchev–Trinajstić information content (AvgIpc) is 2.65. The van der Waals surface area contributed by atoms with Gasteiger partial charge in [-0.05, 0) is 12.8 Å². The normalized spacial score (nSPS) is 17.3. The Morgan fingerprint density at radius 3 is 2.90 bits per heavy atom. The Kier molecular flexibility index (Phi) is 1.12. The molecule has 0 bridgehead atoms. The van der Waals surface area contributed by atoms with Crippen LogP contribution < -0.4 is 5.01 Å². The second-order valence-corrected chi connectivity index (χ2v) is 2.62. The minimum absolute atomic E-state index is 0.696. The summed E-state index contributed by atoms with van der Waals surface area (Å²) in [6.07, 6.45) is 5.85. The van der Waals surface area contributed by atoms with Crippen molar-refractivity contribution in [2.75, 3.05) is 12.1 Å². The van der Waals surface area contributed by atoms with Gasteiger partial charge in [-0.3, -0.25) is 5.01 Å². The first-order chi connectivity index (χ1) is 4.88. The van der Waals surface area contributed by atoms with Crippen molar-refractivity contribution < 1.29 is 0 Å². The topological polar surface area (TPSA) is 34.0 Å². The lowest BCUT2D eigenvalue weighted by Gasteiger charge is -2.16. The maximum Gasteiger partial charge on any atom is 0.139 e. The maximum atomic E-state index is 4.01. The van der Waals surface area contributed by atoms with E-state index in [1.54, 1.807) is 17.4 Å². The van der Waals surface area contributed by atoms with Gasteiger partial charge >= 0.3 is 0 Å². The van der Waals surface area contributed by atoms with Crippen LogP contribution >= 0.6 is 0 Å². The fourth-order valence-electron chi connectivity index (χ4n) is 0.980. The molecule has 0 radical (unpaired) electrons. The highest BCUT2D eigenvalue weighted by Gasteiger charge is 2.26. The summed E-state index contributed by atoms with van der Waals surface area (Å²) in [5, 5.41) is 6.11. The van der Waals surface area contributed by atoms with E-state index in [1.165, 1.54) is 12.8 Å². The smallest absolute Gasteiger partial charge is 0.139 e. The number of nitrogens with zero attached hydrogens (tertiary/aromatic N) is 4. The highest BCUT2D eigenvalue weighted by atomic mass is 15.7. The minimum Gasteiger partial charge on any atom is -0.296 e. The third kappa shape index (κ3) is 0.853. The first-order valence-electron chi connectivity index (χ1n) is 3.45. The Morgan fingerprint density at radius 2 is 2.40 bits per heavy atom. The molecular weight excluding hydrogens is 128 g/mol.